The summed E-state index contributed by atoms with van der Waals surface area (Å²) in [6.07, 6.45) is 5.76. The highest BCUT2D eigenvalue weighted by molar-refractivity contribution is 6.09. The molecule has 30 heavy (non-hydrogen) atoms. The third-order valence-electron chi connectivity index (χ3n) is 6.22. The van der Waals surface area contributed by atoms with Crippen LogP contribution in [0.1, 0.15) is 19.3 Å². The molecule has 1 saturated heterocycles. The number of aromatic nitrogens is 2. The van der Waals surface area contributed by atoms with Crippen LogP contribution in [-0.2, 0) is 14.4 Å². The molecule has 0 bridgehead atoms. The van der Waals surface area contributed by atoms with E-state index in [1.165, 1.54) is 0 Å². The monoisotopic (exact) mass is 405 g/mol. The van der Waals surface area contributed by atoms with E-state index in [1.54, 1.807) is 4.90 Å². The van der Waals surface area contributed by atoms with Crippen molar-refractivity contribution in [1.82, 2.24) is 14.9 Å². The van der Waals surface area contributed by atoms with Crippen LogP contribution < -0.4 is 9.80 Å². The van der Waals surface area contributed by atoms with E-state index in [2.05, 4.69) is 0 Å². The van der Waals surface area contributed by atoms with Gasteiger partial charge in [0.25, 0.3) is 0 Å². The van der Waals surface area contributed by atoms with E-state index in [0.29, 0.717) is 36.5 Å². The summed E-state index contributed by atoms with van der Waals surface area (Å²) < 4.78 is 0. The fourth-order valence-electron chi connectivity index (χ4n) is 4.58. The summed E-state index contributed by atoms with van der Waals surface area (Å²) in [4.78, 5) is 53.0. The van der Waals surface area contributed by atoms with Crippen molar-refractivity contribution in [3.05, 3.63) is 36.4 Å². The zero-order chi connectivity index (χ0) is 20.8. The van der Waals surface area contributed by atoms with Gasteiger partial charge in [-0.05, 0) is 31.4 Å². The number of hydrogen-bond acceptors (Lipinski definition) is 6. The molecular weight excluding hydrogens is 382 g/mol. The van der Waals surface area contributed by atoms with Crippen LogP contribution in [0.5, 0.6) is 0 Å². The molecule has 2 atom stereocenters. The minimum atomic E-state index is -0.332. The van der Waals surface area contributed by atoms with E-state index in [9.17, 15) is 14.4 Å². The van der Waals surface area contributed by atoms with Gasteiger partial charge in [0, 0.05) is 20.1 Å². The van der Waals surface area contributed by atoms with E-state index in [-0.39, 0.29) is 36.1 Å². The maximum Gasteiger partial charge on any atom is 0.248 e. The summed E-state index contributed by atoms with van der Waals surface area (Å²) in [5.74, 6) is -0.320. The van der Waals surface area contributed by atoms with E-state index in [0.717, 1.165) is 23.4 Å². The van der Waals surface area contributed by atoms with Crippen molar-refractivity contribution in [2.24, 2.45) is 11.8 Å². The SMILES string of the molecule is CN1CCCN(C(=O)CN2C(=O)[C@H]3CC=CC[C@H]3C2=O)c2nc3ccccc3nc21. The van der Waals surface area contributed by atoms with Crippen molar-refractivity contribution in [2.75, 3.05) is 36.5 Å². The Bertz CT molecular complexity index is 1060. The highest BCUT2D eigenvalue weighted by atomic mass is 16.2. The van der Waals surface area contributed by atoms with Gasteiger partial charge in [-0.15, -0.1) is 0 Å². The molecule has 3 heterocycles. The van der Waals surface area contributed by atoms with Crippen LogP contribution in [-0.4, -0.2) is 59.3 Å². The van der Waals surface area contributed by atoms with Crippen LogP contribution in [0, 0.1) is 11.8 Å². The average molecular weight is 405 g/mol. The Morgan fingerprint density at radius 2 is 1.57 bits per heavy atom. The smallest absolute Gasteiger partial charge is 0.248 e. The Hall–Kier alpha value is -3.29. The van der Waals surface area contributed by atoms with Crippen molar-refractivity contribution in [3.63, 3.8) is 0 Å². The second-order valence-electron chi connectivity index (χ2n) is 8.10. The largest absolute Gasteiger partial charge is 0.357 e. The van der Waals surface area contributed by atoms with Gasteiger partial charge in [0.1, 0.15) is 6.54 Å². The first-order chi connectivity index (χ1) is 14.5. The summed E-state index contributed by atoms with van der Waals surface area (Å²) in [6.45, 7) is 0.956. The van der Waals surface area contributed by atoms with E-state index in [4.69, 9.17) is 9.97 Å². The minimum absolute atomic E-state index is 0.237. The van der Waals surface area contributed by atoms with E-state index in [1.807, 2.05) is 48.4 Å². The molecule has 5 rings (SSSR count). The lowest BCUT2D eigenvalue weighted by molar-refractivity contribution is -0.143. The molecule has 3 aliphatic rings. The van der Waals surface area contributed by atoms with Crippen LogP contribution in [0.2, 0.25) is 0 Å². The maximum absolute atomic E-state index is 13.3. The number of carbonyl (C=O) groups is 3. The number of allylic oxidation sites excluding steroid dienone is 2. The Labute approximate surface area is 174 Å². The zero-order valence-corrected chi connectivity index (χ0v) is 16.8. The predicted octanol–water partition coefficient (Wildman–Crippen LogP) is 1.75. The van der Waals surface area contributed by atoms with Crippen LogP contribution in [0.4, 0.5) is 11.6 Å². The third kappa shape index (κ3) is 2.94. The number of anilines is 2. The first-order valence-electron chi connectivity index (χ1n) is 10.3. The standard InChI is InChI=1S/C22H23N5O3/c1-25-11-6-12-26(20-19(25)23-16-9-4-5-10-17(16)24-20)18(28)13-27-21(29)14-7-2-3-8-15(14)22(27)30/h2-5,9-10,14-15H,6-8,11-13H2,1H3/t14-,15+. The number of nitrogens with zero attached hydrogens (tertiary/aromatic N) is 5. The van der Waals surface area contributed by atoms with Crippen molar-refractivity contribution in [2.45, 2.75) is 19.3 Å². The quantitative estimate of drug-likeness (QED) is 0.559. The predicted molar refractivity (Wildman–Crippen MR) is 112 cm³/mol. The molecule has 0 spiro atoms. The second kappa shape index (κ2) is 7.19. The maximum atomic E-state index is 13.3. The molecule has 0 saturated carbocycles. The van der Waals surface area contributed by atoms with Gasteiger partial charge in [-0.1, -0.05) is 24.3 Å². The van der Waals surface area contributed by atoms with Gasteiger partial charge in [0.15, 0.2) is 11.6 Å². The molecule has 154 valence electrons. The molecule has 2 aliphatic heterocycles. The van der Waals surface area contributed by atoms with Gasteiger partial charge in [-0.25, -0.2) is 9.97 Å². The van der Waals surface area contributed by atoms with Gasteiger partial charge >= 0.3 is 0 Å². The molecule has 0 radical (unpaired) electrons. The number of imide groups is 1. The highest BCUT2D eigenvalue weighted by Gasteiger charge is 2.48. The Morgan fingerprint density at radius 1 is 0.967 bits per heavy atom. The van der Waals surface area contributed by atoms with Gasteiger partial charge in [0.2, 0.25) is 17.7 Å². The Morgan fingerprint density at radius 3 is 2.20 bits per heavy atom. The molecule has 8 nitrogen and oxygen atoms in total. The number of rotatable bonds is 2. The zero-order valence-electron chi connectivity index (χ0n) is 16.8. The molecule has 1 aromatic heterocycles. The van der Waals surface area contributed by atoms with E-state index < -0.39 is 0 Å². The average Bonchev–Trinajstić information content (AvgIpc) is 2.90. The summed E-state index contributed by atoms with van der Waals surface area (Å²) in [5, 5.41) is 0. The number of fused-ring (bicyclic) bond motifs is 3. The molecular formula is C22H23N5O3. The summed E-state index contributed by atoms with van der Waals surface area (Å²) in [7, 11) is 1.93. The number of amides is 3. The molecule has 1 fully saturated rings. The number of likely N-dealkylation sites (tertiary alicyclic amines) is 1. The fourth-order valence-corrected chi connectivity index (χ4v) is 4.58. The topological polar surface area (TPSA) is 86.7 Å². The molecule has 8 heteroatoms. The molecule has 0 N–H and O–H groups in total. The van der Waals surface area contributed by atoms with Crippen LogP contribution in [0.3, 0.4) is 0 Å². The summed E-state index contributed by atoms with van der Waals surface area (Å²) >= 11 is 0. The Balaban J connectivity index is 1.46. The van der Waals surface area contributed by atoms with Crippen LogP contribution in [0.25, 0.3) is 11.0 Å². The Kier molecular flexibility index (Phi) is 4.49. The fraction of sp³-hybridized carbons (Fsp3) is 0.409. The van der Waals surface area contributed by atoms with Crippen molar-refractivity contribution >= 4 is 40.4 Å². The van der Waals surface area contributed by atoms with Crippen LogP contribution >= 0.6 is 0 Å². The molecule has 1 aromatic carbocycles. The highest BCUT2D eigenvalue weighted by Crippen LogP contribution is 2.35. The third-order valence-corrected chi connectivity index (χ3v) is 6.22. The number of carbonyl (C=O) groups excluding carboxylic acids is 3. The first kappa shape index (κ1) is 18.7. The molecule has 0 unspecified atom stereocenters. The summed E-state index contributed by atoms with van der Waals surface area (Å²) in [6, 6.07) is 7.54. The van der Waals surface area contributed by atoms with Gasteiger partial charge in [0.05, 0.1) is 22.9 Å². The van der Waals surface area contributed by atoms with Gasteiger partial charge < -0.3 is 4.90 Å². The van der Waals surface area contributed by atoms with Crippen molar-refractivity contribution in [1.29, 1.82) is 0 Å². The van der Waals surface area contributed by atoms with Gasteiger partial charge in [-0.2, -0.15) is 0 Å². The van der Waals surface area contributed by atoms with Crippen LogP contribution in [0.15, 0.2) is 36.4 Å². The minimum Gasteiger partial charge on any atom is -0.357 e. The normalized spacial score (nSPS) is 23.6. The molecule has 2 aromatic rings. The lowest BCUT2D eigenvalue weighted by atomic mass is 9.85. The number of para-hydroxylation sites is 2. The summed E-state index contributed by atoms with van der Waals surface area (Å²) in [5.41, 5.74) is 1.47. The first-order valence-corrected chi connectivity index (χ1v) is 10.3. The number of benzene rings is 1. The van der Waals surface area contributed by atoms with Crippen molar-refractivity contribution in [3.8, 4) is 0 Å². The molecule has 3 amide bonds. The lowest BCUT2D eigenvalue weighted by Crippen LogP contribution is -2.44. The van der Waals surface area contributed by atoms with E-state index >= 15 is 0 Å². The number of hydrogen-bond donors (Lipinski definition) is 0. The van der Waals surface area contributed by atoms with Crippen molar-refractivity contribution < 1.29 is 14.4 Å². The lowest BCUT2D eigenvalue weighted by Gasteiger charge is -2.24. The van der Waals surface area contributed by atoms with Gasteiger partial charge in [-0.3, -0.25) is 24.2 Å². The second-order valence-corrected chi connectivity index (χ2v) is 8.10. The molecule has 1 aliphatic carbocycles.